The highest BCUT2D eigenvalue weighted by Gasteiger charge is 2.14. The first kappa shape index (κ1) is 14.6. The molecule has 1 fully saturated rings. The van der Waals surface area contributed by atoms with E-state index in [1.807, 2.05) is 18.2 Å². The zero-order valence-corrected chi connectivity index (χ0v) is 12.7. The van der Waals surface area contributed by atoms with Gasteiger partial charge in [0.15, 0.2) is 11.5 Å². The lowest BCUT2D eigenvalue weighted by Gasteiger charge is -2.13. The van der Waals surface area contributed by atoms with E-state index in [2.05, 4.69) is 21.2 Å². The highest BCUT2D eigenvalue weighted by Crippen LogP contribution is 2.34. The first-order chi connectivity index (χ1) is 9.31. The van der Waals surface area contributed by atoms with E-state index in [1.54, 1.807) is 7.11 Å². The van der Waals surface area contributed by atoms with Gasteiger partial charge in [-0.15, -0.1) is 0 Å². The molecule has 0 bridgehead atoms. The van der Waals surface area contributed by atoms with Gasteiger partial charge in [-0.05, 0) is 40.4 Å². The van der Waals surface area contributed by atoms with E-state index in [-0.39, 0.29) is 0 Å². The van der Waals surface area contributed by atoms with Crippen LogP contribution in [0.25, 0.3) is 0 Å². The molecule has 0 amide bonds. The maximum Gasteiger partial charge on any atom is 0.175 e. The fourth-order valence-electron chi connectivity index (χ4n) is 2.07. The lowest BCUT2D eigenvalue weighted by Crippen LogP contribution is -2.27. The standard InChI is InChI=1S/C14H20BrNO3/c1-17-13-4-2-3-12(15)14(13)19-8-6-16-9-11-5-7-18-10-11/h2-4,11,16H,5-10H2,1H3. The normalized spacial score (nSPS) is 18.5. The van der Waals surface area contributed by atoms with Crippen molar-refractivity contribution in [2.45, 2.75) is 6.42 Å². The van der Waals surface area contributed by atoms with Crippen molar-refractivity contribution >= 4 is 15.9 Å². The Morgan fingerprint density at radius 1 is 1.47 bits per heavy atom. The molecule has 0 radical (unpaired) electrons. The molecule has 5 heteroatoms. The van der Waals surface area contributed by atoms with Crippen molar-refractivity contribution in [2.75, 3.05) is 40.0 Å². The van der Waals surface area contributed by atoms with E-state index in [1.165, 1.54) is 0 Å². The third-order valence-corrected chi connectivity index (χ3v) is 3.76. The Kier molecular flexibility index (Phi) is 5.94. The predicted octanol–water partition coefficient (Wildman–Crippen LogP) is 2.46. The summed E-state index contributed by atoms with van der Waals surface area (Å²) >= 11 is 3.47. The minimum absolute atomic E-state index is 0.618. The summed E-state index contributed by atoms with van der Waals surface area (Å²) in [4.78, 5) is 0. The molecule has 1 heterocycles. The summed E-state index contributed by atoms with van der Waals surface area (Å²) in [5.74, 6) is 2.16. The molecule has 106 valence electrons. The van der Waals surface area contributed by atoms with Gasteiger partial charge < -0.3 is 19.5 Å². The average Bonchev–Trinajstić information content (AvgIpc) is 2.93. The SMILES string of the molecule is COc1cccc(Br)c1OCCNCC1CCOC1. The van der Waals surface area contributed by atoms with E-state index in [0.29, 0.717) is 12.5 Å². The van der Waals surface area contributed by atoms with E-state index in [0.717, 1.165) is 48.7 Å². The Morgan fingerprint density at radius 3 is 3.11 bits per heavy atom. The monoisotopic (exact) mass is 329 g/mol. The van der Waals surface area contributed by atoms with Crippen LogP contribution in [0.3, 0.4) is 0 Å². The Labute approximate surface area is 122 Å². The minimum Gasteiger partial charge on any atom is -0.493 e. The third-order valence-electron chi connectivity index (χ3n) is 3.13. The highest BCUT2D eigenvalue weighted by atomic mass is 79.9. The number of ether oxygens (including phenoxy) is 3. The third kappa shape index (κ3) is 4.37. The van der Waals surface area contributed by atoms with Crippen LogP contribution in [0.5, 0.6) is 11.5 Å². The lowest BCUT2D eigenvalue weighted by molar-refractivity contribution is 0.184. The largest absolute Gasteiger partial charge is 0.493 e. The molecule has 1 N–H and O–H groups in total. The number of halogens is 1. The Bertz CT molecular complexity index is 394. The first-order valence-electron chi connectivity index (χ1n) is 6.55. The first-order valence-corrected chi connectivity index (χ1v) is 7.34. The molecule has 2 rings (SSSR count). The van der Waals surface area contributed by atoms with E-state index in [9.17, 15) is 0 Å². The van der Waals surface area contributed by atoms with Gasteiger partial charge in [0.2, 0.25) is 0 Å². The van der Waals surface area contributed by atoms with E-state index in [4.69, 9.17) is 14.2 Å². The van der Waals surface area contributed by atoms with Gasteiger partial charge in [-0.25, -0.2) is 0 Å². The van der Waals surface area contributed by atoms with E-state index < -0.39 is 0 Å². The van der Waals surface area contributed by atoms with E-state index >= 15 is 0 Å². The van der Waals surface area contributed by atoms with Crippen LogP contribution in [0.1, 0.15) is 6.42 Å². The second kappa shape index (κ2) is 7.72. The zero-order valence-electron chi connectivity index (χ0n) is 11.2. The molecule has 1 aliphatic rings. The summed E-state index contributed by atoms with van der Waals surface area (Å²) in [5.41, 5.74) is 0. The number of hydrogen-bond donors (Lipinski definition) is 1. The lowest BCUT2D eigenvalue weighted by atomic mass is 10.1. The van der Waals surface area contributed by atoms with Crippen molar-refractivity contribution in [3.8, 4) is 11.5 Å². The van der Waals surface area contributed by atoms with Crippen molar-refractivity contribution in [1.29, 1.82) is 0 Å². The van der Waals surface area contributed by atoms with Gasteiger partial charge in [-0.2, -0.15) is 0 Å². The smallest absolute Gasteiger partial charge is 0.175 e. The van der Waals surface area contributed by atoms with Crippen molar-refractivity contribution in [1.82, 2.24) is 5.32 Å². The second-order valence-corrected chi connectivity index (χ2v) is 5.41. The molecule has 0 aromatic heterocycles. The molecule has 1 atom stereocenters. The number of para-hydroxylation sites is 1. The van der Waals surface area contributed by atoms with Gasteiger partial charge in [0.1, 0.15) is 6.61 Å². The fourth-order valence-corrected chi connectivity index (χ4v) is 2.53. The average molecular weight is 330 g/mol. The van der Waals surface area contributed by atoms with Crippen molar-refractivity contribution in [3.05, 3.63) is 22.7 Å². The number of rotatable bonds is 7. The highest BCUT2D eigenvalue weighted by molar-refractivity contribution is 9.10. The van der Waals surface area contributed by atoms with Gasteiger partial charge in [0.05, 0.1) is 18.2 Å². The molecule has 0 spiro atoms. The van der Waals surface area contributed by atoms with Crippen LogP contribution in [-0.2, 0) is 4.74 Å². The summed E-state index contributed by atoms with van der Waals surface area (Å²) < 4.78 is 17.3. The van der Waals surface area contributed by atoms with Crippen LogP contribution in [0.2, 0.25) is 0 Å². The van der Waals surface area contributed by atoms with Gasteiger partial charge in [-0.3, -0.25) is 0 Å². The fraction of sp³-hybridized carbons (Fsp3) is 0.571. The molecule has 1 aliphatic heterocycles. The summed E-state index contributed by atoms with van der Waals surface area (Å²) in [6.07, 6.45) is 1.16. The van der Waals surface area contributed by atoms with Crippen LogP contribution >= 0.6 is 15.9 Å². The molecular formula is C14H20BrNO3. The molecule has 0 aliphatic carbocycles. The van der Waals surface area contributed by atoms with Crippen LogP contribution in [0, 0.1) is 5.92 Å². The van der Waals surface area contributed by atoms with Gasteiger partial charge in [0.25, 0.3) is 0 Å². The number of benzene rings is 1. The Balaban J connectivity index is 1.70. The molecule has 0 saturated carbocycles. The zero-order chi connectivity index (χ0) is 13.5. The van der Waals surface area contributed by atoms with Gasteiger partial charge in [0, 0.05) is 19.7 Å². The molecule has 1 aromatic rings. The maximum absolute atomic E-state index is 5.76. The number of hydrogen-bond acceptors (Lipinski definition) is 4. The number of methoxy groups -OCH3 is 1. The summed E-state index contributed by atoms with van der Waals surface area (Å²) in [6.45, 7) is 4.22. The minimum atomic E-state index is 0.618. The molecule has 1 unspecified atom stereocenters. The molecule has 1 saturated heterocycles. The van der Waals surface area contributed by atoms with Crippen LogP contribution < -0.4 is 14.8 Å². The van der Waals surface area contributed by atoms with Crippen molar-refractivity contribution < 1.29 is 14.2 Å². The van der Waals surface area contributed by atoms with Crippen LogP contribution in [0.15, 0.2) is 22.7 Å². The quantitative estimate of drug-likeness (QED) is 0.780. The predicted molar refractivity (Wildman–Crippen MR) is 78.0 cm³/mol. The number of nitrogens with one attached hydrogen (secondary N) is 1. The maximum atomic E-state index is 5.76. The molecular weight excluding hydrogens is 310 g/mol. The van der Waals surface area contributed by atoms with Gasteiger partial charge in [-0.1, -0.05) is 6.07 Å². The molecule has 19 heavy (non-hydrogen) atoms. The van der Waals surface area contributed by atoms with Crippen molar-refractivity contribution in [3.63, 3.8) is 0 Å². The van der Waals surface area contributed by atoms with Crippen LogP contribution in [-0.4, -0.2) is 40.0 Å². The Morgan fingerprint density at radius 2 is 2.37 bits per heavy atom. The topological polar surface area (TPSA) is 39.7 Å². The summed E-state index contributed by atoms with van der Waals surface area (Å²) in [6, 6.07) is 5.76. The summed E-state index contributed by atoms with van der Waals surface area (Å²) in [5, 5.41) is 3.39. The second-order valence-electron chi connectivity index (χ2n) is 4.55. The summed E-state index contributed by atoms with van der Waals surface area (Å²) in [7, 11) is 1.65. The molecule has 1 aromatic carbocycles. The van der Waals surface area contributed by atoms with Crippen LogP contribution in [0.4, 0.5) is 0 Å². The van der Waals surface area contributed by atoms with Gasteiger partial charge >= 0.3 is 0 Å². The van der Waals surface area contributed by atoms with Crippen molar-refractivity contribution in [2.24, 2.45) is 5.92 Å². The molecule has 4 nitrogen and oxygen atoms in total. The Hall–Kier alpha value is -0.780.